The van der Waals surface area contributed by atoms with Crippen molar-refractivity contribution in [2.45, 2.75) is 64.6 Å². The molecule has 0 heterocycles. The Hall–Kier alpha value is -1.28. The van der Waals surface area contributed by atoms with Crippen molar-refractivity contribution in [3.05, 3.63) is 29.3 Å². The zero-order chi connectivity index (χ0) is 21.1. The SMILES string of the molecule is CCC(=O)OC(OC(=O)NCCCC(=O)Oc1ccc(Cl)cc1)C1CCCCC1.[NaH]. The number of hydrogen-bond donors (Lipinski definition) is 1. The third-order valence-corrected chi connectivity index (χ3v) is 4.92. The van der Waals surface area contributed by atoms with Gasteiger partial charge in [0.1, 0.15) is 5.75 Å². The van der Waals surface area contributed by atoms with Crippen LogP contribution in [0.3, 0.4) is 0 Å². The second-order valence-corrected chi connectivity index (χ2v) is 7.41. The molecule has 1 amide bonds. The molecule has 1 aromatic carbocycles. The van der Waals surface area contributed by atoms with E-state index in [0.717, 1.165) is 32.1 Å². The molecule has 0 spiro atoms. The van der Waals surface area contributed by atoms with Crippen LogP contribution in [0.5, 0.6) is 5.75 Å². The number of ether oxygens (including phenoxy) is 3. The zero-order valence-electron chi connectivity index (χ0n) is 16.7. The number of halogens is 1. The molecule has 162 valence electrons. The minimum absolute atomic E-state index is 0. The van der Waals surface area contributed by atoms with Gasteiger partial charge in [-0.05, 0) is 43.5 Å². The van der Waals surface area contributed by atoms with Crippen LogP contribution in [-0.4, -0.2) is 60.4 Å². The molecule has 1 aliphatic carbocycles. The average Bonchev–Trinajstić information content (AvgIpc) is 2.73. The standard InChI is InChI=1S/C21H28ClNO6.Na.H/c1-2-18(24)28-20(15-7-4-3-5-8-15)29-21(26)23-14-6-9-19(25)27-17-12-10-16(22)11-13-17;;/h10-13,15,20H,2-9,14H2,1H3,(H,23,26);;. The third-order valence-electron chi connectivity index (χ3n) is 4.67. The van der Waals surface area contributed by atoms with Crippen LogP contribution < -0.4 is 10.1 Å². The molecule has 7 nitrogen and oxygen atoms in total. The second-order valence-electron chi connectivity index (χ2n) is 6.97. The Kier molecular flexibility index (Phi) is 13.1. The summed E-state index contributed by atoms with van der Waals surface area (Å²) in [6, 6.07) is 6.49. The van der Waals surface area contributed by atoms with Crippen molar-refractivity contribution in [2.75, 3.05) is 6.54 Å². The summed E-state index contributed by atoms with van der Waals surface area (Å²) in [6.07, 6.45) is 4.18. The first kappa shape index (κ1) is 26.8. The number of hydrogen-bond acceptors (Lipinski definition) is 6. The van der Waals surface area contributed by atoms with E-state index in [9.17, 15) is 14.4 Å². The minimum atomic E-state index is -0.863. The van der Waals surface area contributed by atoms with Crippen molar-refractivity contribution in [2.24, 2.45) is 5.92 Å². The fourth-order valence-electron chi connectivity index (χ4n) is 3.09. The predicted molar refractivity (Wildman–Crippen MR) is 115 cm³/mol. The number of carbonyl (C=O) groups is 3. The van der Waals surface area contributed by atoms with E-state index in [1.54, 1.807) is 31.2 Å². The quantitative estimate of drug-likeness (QED) is 0.202. The van der Waals surface area contributed by atoms with Crippen molar-refractivity contribution < 1.29 is 28.6 Å². The molecule has 9 heteroatoms. The van der Waals surface area contributed by atoms with Crippen molar-refractivity contribution in [1.82, 2.24) is 5.32 Å². The Labute approximate surface area is 204 Å². The molecule has 30 heavy (non-hydrogen) atoms. The van der Waals surface area contributed by atoms with Crippen LogP contribution in [0.1, 0.15) is 58.3 Å². The number of amides is 1. The number of rotatable bonds is 9. The van der Waals surface area contributed by atoms with Gasteiger partial charge in [-0.25, -0.2) is 4.79 Å². The molecule has 1 N–H and O–H groups in total. The van der Waals surface area contributed by atoms with E-state index < -0.39 is 24.3 Å². The van der Waals surface area contributed by atoms with Gasteiger partial charge in [0.05, 0.1) is 0 Å². The molecule has 0 aromatic heterocycles. The molecule has 0 bridgehead atoms. The number of alkyl carbamates (subject to hydrolysis) is 1. The van der Waals surface area contributed by atoms with Gasteiger partial charge < -0.3 is 19.5 Å². The zero-order valence-corrected chi connectivity index (χ0v) is 17.4. The molecule has 1 fully saturated rings. The number of esters is 2. The maximum absolute atomic E-state index is 12.1. The number of benzene rings is 1. The van der Waals surface area contributed by atoms with Crippen LogP contribution in [0.15, 0.2) is 24.3 Å². The first-order chi connectivity index (χ1) is 14.0. The van der Waals surface area contributed by atoms with Gasteiger partial charge in [-0.2, -0.15) is 0 Å². The van der Waals surface area contributed by atoms with Crippen molar-refractivity contribution >= 4 is 59.2 Å². The molecular weight excluding hydrogens is 421 g/mol. The topological polar surface area (TPSA) is 90.9 Å². The van der Waals surface area contributed by atoms with E-state index in [2.05, 4.69) is 5.32 Å². The summed E-state index contributed by atoms with van der Waals surface area (Å²) in [7, 11) is 0. The van der Waals surface area contributed by atoms with E-state index in [4.69, 9.17) is 25.8 Å². The first-order valence-electron chi connectivity index (χ1n) is 10.1. The van der Waals surface area contributed by atoms with Gasteiger partial charge in [0, 0.05) is 30.3 Å². The average molecular weight is 450 g/mol. The van der Waals surface area contributed by atoms with E-state index in [1.165, 1.54) is 0 Å². The van der Waals surface area contributed by atoms with Gasteiger partial charge in [-0.3, -0.25) is 9.59 Å². The van der Waals surface area contributed by atoms with Crippen molar-refractivity contribution in [1.29, 1.82) is 0 Å². The van der Waals surface area contributed by atoms with Crippen LogP contribution in [0.2, 0.25) is 5.02 Å². The molecule has 0 saturated heterocycles. The number of nitrogens with one attached hydrogen (secondary N) is 1. The summed E-state index contributed by atoms with van der Waals surface area (Å²) in [6.45, 7) is 1.94. The van der Waals surface area contributed by atoms with E-state index in [1.807, 2.05) is 0 Å². The normalized spacial score (nSPS) is 14.7. The Morgan fingerprint density at radius 2 is 1.73 bits per heavy atom. The molecule has 1 aliphatic rings. The molecule has 1 atom stereocenters. The Morgan fingerprint density at radius 1 is 1.07 bits per heavy atom. The van der Waals surface area contributed by atoms with Crippen LogP contribution in [0.4, 0.5) is 4.79 Å². The van der Waals surface area contributed by atoms with Crippen molar-refractivity contribution in [3.8, 4) is 5.75 Å². The van der Waals surface area contributed by atoms with Gasteiger partial charge in [-0.1, -0.05) is 37.8 Å². The van der Waals surface area contributed by atoms with Crippen LogP contribution in [0.25, 0.3) is 0 Å². The summed E-state index contributed by atoms with van der Waals surface area (Å²) in [5, 5.41) is 3.15. The van der Waals surface area contributed by atoms with Gasteiger partial charge in [0.15, 0.2) is 0 Å². The molecule has 1 saturated carbocycles. The molecular formula is C21H29ClNNaO6. The van der Waals surface area contributed by atoms with Gasteiger partial charge in [0.2, 0.25) is 0 Å². The summed E-state index contributed by atoms with van der Waals surface area (Å²) in [4.78, 5) is 35.6. The van der Waals surface area contributed by atoms with Crippen LogP contribution in [0, 0.1) is 5.92 Å². The first-order valence-corrected chi connectivity index (χ1v) is 10.5. The van der Waals surface area contributed by atoms with Crippen LogP contribution in [-0.2, 0) is 19.1 Å². The summed E-state index contributed by atoms with van der Waals surface area (Å²) in [5.41, 5.74) is 0. The van der Waals surface area contributed by atoms with Gasteiger partial charge in [0.25, 0.3) is 6.29 Å². The molecule has 0 radical (unpaired) electrons. The summed E-state index contributed by atoms with van der Waals surface area (Å²) in [5.74, 6) is -0.350. The summed E-state index contributed by atoms with van der Waals surface area (Å²) < 4.78 is 15.9. The second kappa shape index (κ2) is 14.7. The molecule has 2 rings (SSSR count). The van der Waals surface area contributed by atoms with Crippen LogP contribution >= 0.6 is 11.6 Å². The van der Waals surface area contributed by atoms with E-state index in [0.29, 0.717) is 17.2 Å². The Bertz CT molecular complexity index is 679. The predicted octanol–water partition coefficient (Wildman–Crippen LogP) is 3.96. The van der Waals surface area contributed by atoms with E-state index in [-0.39, 0.29) is 54.9 Å². The van der Waals surface area contributed by atoms with Gasteiger partial charge in [-0.15, -0.1) is 0 Å². The Balaban J connectivity index is 0.00000450. The third kappa shape index (κ3) is 10.2. The van der Waals surface area contributed by atoms with Gasteiger partial charge >= 0.3 is 47.6 Å². The van der Waals surface area contributed by atoms with E-state index >= 15 is 0 Å². The number of carbonyl (C=O) groups excluding carboxylic acids is 3. The fourth-order valence-corrected chi connectivity index (χ4v) is 3.22. The monoisotopic (exact) mass is 449 g/mol. The fraction of sp³-hybridized carbons (Fsp3) is 0.571. The maximum atomic E-state index is 12.1. The molecule has 1 unspecified atom stereocenters. The Morgan fingerprint density at radius 3 is 2.37 bits per heavy atom. The van der Waals surface area contributed by atoms with Crippen molar-refractivity contribution in [3.63, 3.8) is 0 Å². The molecule has 1 aromatic rings. The summed E-state index contributed by atoms with van der Waals surface area (Å²) >= 11 is 5.78. The molecule has 0 aliphatic heterocycles.